The first-order valence-corrected chi connectivity index (χ1v) is 7.51. The monoisotopic (exact) mass is 297 g/mol. The van der Waals surface area contributed by atoms with Crippen LogP contribution in [0.15, 0.2) is 30.5 Å². The molecular formula is C17H19N3O2. The van der Waals surface area contributed by atoms with E-state index in [1.165, 1.54) is 7.11 Å². The molecule has 1 aromatic heterocycles. The van der Waals surface area contributed by atoms with Crippen LogP contribution in [0.1, 0.15) is 25.0 Å². The van der Waals surface area contributed by atoms with Crippen molar-refractivity contribution >= 4 is 16.5 Å². The molecule has 3 rings (SSSR count). The Kier molecular flexibility index (Phi) is 4.23. The third-order valence-electron chi connectivity index (χ3n) is 4.31. The fourth-order valence-corrected chi connectivity index (χ4v) is 3.16. The highest BCUT2D eigenvalue weighted by Crippen LogP contribution is 2.30. The number of pyridine rings is 1. The molecule has 1 aromatic carbocycles. The second-order valence-electron chi connectivity index (χ2n) is 5.56. The summed E-state index contributed by atoms with van der Waals surface area (Å²) in [7, 11) is 1.53. The van der Waals surface area contributed by atoms with Crippen molar-refractivity contribution in [2.75, 3.05) is 18.6 Å². The lowest BCUT2D eigenvalue weighted by molar-refractivity contribution is -0.0943. The van der Waals surface area contributed by atoms with Crippen LogP contribution < -0.4 is 4.90 Å². The van der Waals surface area contributed by atoms with E-state index in [1.54, 1.807) is 6.20 Å². The maximum atomic E-state index is 10.1. The average molecular weight is 297 g/mol. The number of nitrogens with zero attached hydrogens (tertiary/aromatic N) is 3. The molecular weight excluding hydrogens is 278 g/mol. The van der Waals surface area contributed by atoms with Gasteiger partial charge in [0.2, 0.25) is 0 Å². The topological polar surface area (TPSA) is 69.4 Å². The summed E-state index contributed by atoms with van der Waals surface area (Å²) in [6.07, 6.45) is 3.97. The largest absolute Gasteiger partial charge is 0.366 e. The van der Waals surface area contributed by atoms with Crippen molar-refractivity contribution < 1.29 is 9.84 Å². The van der Waals surface area contributed by atoms with Gasteiger partial charge in [-0.15, -0.1) is 0 Å². The van der Waals surface area contributed by atoms with E-state index in [0.29, 0.717) is 5.69 Å². The molecule has 1 fully saturated rings. The number of anilines is 1. The Hall–Kier alpha value is -2.16. The zero-order valence-corrected chi connectivity index (χ0v) is 12.6. The van der Waals surface area contributed by atoms with E-state index in [2.05, 4.69) is 22.0 Å². The van der Waals surface area contributed by atoms with Crippen molar-refractivity contribution in [2.45, 2.75) is 31.6 Å². The number of hydrogen-bond acceptors (Lipinski definition) is 5. The van der Waals surface area contributed by atoms with E-state index < -0.39 is 6.29 Å². The Balaban J connectivity index is 2.00. The van der Waals surface area contributed by atoms with Crippen LogP contribution >= 0.6 is 0 Å². The van der Waals surface area contributed by atoms with Crippen LogP contribution in [0, 0.1) is 11.3 Å². The summed E-state index contributed by atoms with van der Waals surface area (Å²) in [6, 6.07) is 9.97. The third kappa shape index (κ3) is 2.63. The van der Waals surface area contributed by atoms with E-state index in [1.807, 2.05) is 18.2 Å². The van der Waals surface area contributed by atoms with Crippen LogP contribution in [0.4, 0.5) is 5.69 Å². The standard InChI is InChI=1S/C17H19N3O2/c1-22-17(21)16-4-2-3-9-20(16)13-5-6-14-12(10-13)7-8-19-15(14)11-18/h5-8,10,16-17,21H,2-4,9H2,1H3/t16-,17?/m1/s1. The van der Waals surface area contributed by atoms with Gasteiger partial charge >= 0.3 is 0 Å². The molecule has 1 saturated heterocycles. The number of nitriles is 1. The van der Waals surface area contributed by atoms with Gasteiger partial charge in [0.25, 0.3) is 0 Å². The average Bonchev–Trinajstić information content (AvgIpc) is 2.60. The van der Waals surface area contributed by atoms with E-state index in [0.717, 1.165) is 42.3 Å². The fourth-order valence-electron chi connectivity index (χ4n) is 3.16. The summed E-state index contributed by atoms with van der Waals surface area (Å²) >= 11 is 0. The quantitative estimate of drug-likeness (QED) is 0.881. The molecule has 114 valence electrons. The SMILES string of the molecule is COC(O)[C@H]1CCCCN1c1ccc2c(C#N)nccc2c1. The summed E-state index contributed by atoms with van der Waals surface area (Å²) in [5, 5.41) is 21.1. The van der Waals surface area contributed by atoms with Gasteiger partial charge in [0.1, 0.15) is 11.8 Å². The van der Waals surface area contributed by atoms with E-state index in [9.17, 15) is 5.11 Å². The zero-order valence-electron chi connectivity index (χ0n) is 12.6. The minimum Gasteiger partial charge on any atom is -0.366 e. The van der Waals surface area contributed by atoms with Gasteiger partial charge in [-0.05, 0) is 48.9 Å². The molecule has 0 saturated carbocycles. The Morgan fingerprint density at radius 1 is 1.41 bits per heavy atom. The highest BCUT2D eigenvalue weighted by molar-refractivity contribution is 5.89. The summed E-state index contributed by atoms with van der Waals surface area (Å²) in [4.78, 5) is 6.29. The molecule has 1 aliphatic heterocycles. The van der Waals surface area contributed by atoms with Gasteiger partial charge in [-0.2, -0.15) is 5.26 Å². The minimum absolute atomic E-state index is 0.0338. The molecule has 0 amide bonds. The highest BCUT2D eigenvalue weighted by Gasteiger charge is 2.29. The molecule has 22 heavy (non-hydrogen) atoms. The van der Waals surface area contributed by atoms with Gasteiger partial charge in [-0.3, -0.25) is 0 Å². The van der Waals surface area contributed by atoms with Gasteiger partial charge in [0.15, 0.2) is 6.29 Å². The summed E-state index contributed by atoms with van der Waals surface area (Å²) in [5.74, 6) is 0. The van der Waals surface area contributed by atoms with Gasteiger partial charge < -0.3 is 14.7 Å². The molecule has 0 aliphatic carbocycles. The number of fused-ring (bicyclic) bond motifs is 1. The molecule has 5 nitrogen and oxygen atoms in total. The number of ether oxygens (including phenoxy) is 1. The lowest BCUT2D eigenvalue weighted by Crippen LogP contribution is -2.47. The maximum absolute atomic E-state index is 10.1. The predicted molar refractivity (Wildman–Crippen MR) is 84.5 cm³/mol. The number of rotatable bonds is 3. The number of aliphatic hydroxyl groups is 1. The Labute approximate surface area is 129 Å². The van der Waals surface area contributed by atoms with Gasteiger partial charge in [0.05, 0.1) is 6.04 Å². The first-order valence-electron chi connectivity index (χ1n) is 7.51. The van der Waals surface area contributed by atoms with Crippen molar-refractivity contribution in [3.05, 3.63) is 36.2 Å². The molecule has 1 unspecified atom stereocenters. The Bertz CT molecular complexity index is 711. The predicted octanol–water partition coefficient (Wildman–Crippen LogP) is 2.43. The van der Waals surface area contributed by atoms with Crippen LogP contribution in [0.25, 0.3) is 10.8 Å². The molecule has 2 heterocycles. The van der Waals surface area contributed by atoms with Crippen molar-refractivity contribution in [3.63, 3.8) is 0 Å². The Morgan fingerprint density at radius 2 is 2.27 bits per heavy atom. The molecule has 0 bridgehead atoms. The molecule has 1 N–H and O–H groups in total. The van der Waals surface area contributed by atoms with Crippen LogP contribution in [-0.4, -0.2) is 36.1 Å². The lowest BCUT2D eigenvalue weighted by atomic mass is 9.99. The third-order valence-corrected chi connectivity index (χ3v) is 4.31. The van der Waals surface area contributed by atoms with Crippen LogP contribution in [0.3, 0.4) is 0 Å². The Morgan fingerprint density at radius 3 is 3.05 bits per heavy atom. The van der Waals surface area contributed by atoms with E-state index in [-0.39, 0.29) is 6.04 Å². The van der Waals surface area contributed by atoms with Crippen molar-refractivity contribution in [3.8, 4) is 6.07 Å². The molecule has 5 heteroatoms. The zero-order chi connectivity index (χ0) is 15.5. The summed E-state index contributed by atoms with van der Waals surface area (Å²) in [6.45, 7) is 0.896. The van der Waals surface area contributed by atoms with Crippen LogP contribution in [0.5, 0.6) is 0 Å². The van der Waals surface area contributed by atoms with E-state index in [4.69, 9.17) is 10.00 Å². The normalized spacial score (nSPS) is 19.9. The molecule has 0 radical (unpaired) electrons. The molecule has 2 atom stereocenters. The van der Waals surface area contributed by atoms with Gasteiger partial charge in [0, 0.05) is 30.9 Å². The maximum Gasteiger partial charge on any atom is 0.174 e. The first-order chi connectivity index (χ1) is 10.7. The van der Waals surface area contributed by atoms with Crippen molar-refractivity contribution in [2.24, 2.45) is 0 Å². The second kappa shape index (κ2) is 6.30. The fraction of sp³-hybridized carbons (Fsp3) is 0.412. The number of piperidine rings is 1. The van der Waals surface area contributed by atoms with Crippen molar-refractivity contribution in [1.29, 1.82) is 5.26 Å². The molecule has 1 aliphatic rings. The smallest absolute Gasteiger partial charge is 0.174 e. The second-order valence-corrected chi connectivity index (χ2v) is 5.56. The van der Waals surface area contributed by atoms with Gasteiger partial charge in [-0.25, -0.2) is 4.98 Å². The van der Waals surface area contributed by atoms with Gasteiger partial charge in [-0.1, -0.05) is 0 Å². The highest BCUT2D eigenvalue weighted by atomic mass is 16.6. The summed E-state index contributed by atoms with van der Waals surface area (Å²) < 4.78 is 5.13. The number of methoxy groups -OCH3 is 1. The van der Waals surface area contributed by atoms with Crippen LogP contribution in [0.2, 0.25) is 0 Å². The number of benzene rings is 1. The number of aromatic nitrogens is 1. The minimum atomic E-state index is -0.789. The van der Waals surface area contributed by atoms with Crippen molar-refractivity contribution in [1.82, 2.24) is 4.98 Å². The van der Waals surface area contributed by atoms with Crippen LogP contribution in [-0.2, 0) is 4.74 Å². The van der Waals surface area contributed by atoms with E-state index >= 15 is 0 Å². The number of hydrogen-bond donors (Lipinski definition) is 1. The number of aliphatic hydroxyl groups excluding tert-OH is 1. The lowest BCUT2D eigenvalue weighted by Gasteiger charge is -2.39. The molecule has 2 aromatic rings. The first kappa shape index (κ1) is 14.8. The molecule has 0 spiro atoms. The summed E-state index contributed by atoms with van der Waals surface area (Å²) in [5.41, 5.74) is 1.49.